The number of carboxylic acid groups (broad SMARTS) is 2. The van der Waals surface area contributed by atoms with Gasteiger partial charge in [0.05, 0.1) is 6.42 Å². The van der Waals surface area contributed by atoms with Crippen molar-refractivity contribution in [3.8, 4) is 0 Å². The van der Waals surface area contributed by atoms with Crippen LogP contribution in [0.15, 0.2) is 12.1 Å². The Labute approximate surface area is 227 Å². The van der Waals surface area contributed by atoms with Crippen molar-refractivity contribution >= 4 is 29.7 Å². The maximum Gasteiger partial charge on any atom is 0.407 e. The van der Waals surface area contributed by atoms with Crippen LogP contribution in [0, 0.1) is 13.8 Å². The van der Waals surface area contributed by atoms with Gasteiger partial charge in [0.1, 0.15) is 30.1 Å². The zero-order valence-electron chi connectivity index (χ0n) is 22.4. The number of hydrogen-bond acceptors (Lipinski definition) is 9. The summed E-state index contributed by atoms with van der Waals surface area (Å²) in [5.41, 5.74) is 4.63. The molecule has 0 radical (unpaired) electrons. The number of aromatic nitrogens is 3. The maximum atomic E-state index is 11.9. The predicted octanol–water partition coefficient (Wildman–Crippen LogP) is 2.82. The highest BCUT2D eigenvalue weighted by Crippen LogP contribution is 2.33. The predicted molar refractivity (Wildman–Crippen MR) is 143 cm³/mol. The Morgan fingerprint density at radius 1 is 1.08 bits per heavy atom. The standard InChI is InChI=1S/C27H36N6O6/c1-16-24(28-15-22(26(36)37)32-27(38)39-14-11-23(34)35)29-17(2)30-25(16)33-12-9-19(10-13-33)21-8-7-18-5-3-4-6-20(18)31-21/h7-8,19,22H,3-6,9-15H2,1-2H3,(H,32,38)(H,34,35)(H,36,37)(H,28,29,30)/t22-/m0/s1. The zero-order chi connectivity index (χ0) is 27.9. The van der Waals surface area contributed by atoms with Gasteiger partial charge >= 0.3 is 18.0 Å². The first-order valence-electron chi connectivity index (χ1n) is 13.4. The monoisotopic (exact) mass is 540 g/mol. The molecule has 2 aromatic heterocycles. The molecule has 0 unspecified atom stereocenters. The van der Waals surface area contributed by atoms with Crippen LogP contribution < -0.4 is 15.5 Å². The average molecular weight is 541 g/mol. The number of anilines is 2. The molecule has 12 heteroatoms. The Morgan fingerprint density at radius 3 is 2.54 bits per heavy atom. The first-order chi connectivity index (χ1) is 18.7. The first kappa shape index (κ1) is 28.1. The molecule has 1 fully saturated rings. The van der Waals surface area contributed by atoms with Crippen molar-refractivity contribution < 1.29 is 29.3 Å². The zero-order valence-corrected chi connectivity index (χ0v) is 22.4. The van der Waals surface area contributed by atoms with Gasteiger partial charge in [0.2, 0.25) is 0 Å². The number of ether oxygens (including phenoxy) is 1. The van der Waals surface area contributed by atoms with Crippen LogP contribution in [-0.2, 0) is 27.2 Å². The first-order valence-corrected chi connectivity index (χ1v) is 13.4. The Kier molecular flexibility index (Phi) is 9.15. The van der Waals surface area contributed by atoms with E-state index < -0.39 is 24.1 Å². The van der Waals surface area contributed by atoms with Crippen LogP contribution in [0.5, 0.6) is 0 Å². The second-order valence-corrected chi connectivity index (χ2v) is 10.1. The van der Waals surface area contributed by atoms with E-state index in [-0.39, 0.29) is 19.6 Å². The smallest absolute Gasteiger partial charge is 0.407 e. The van der Waals surface area contributed by atoms with Gasteiger partial charge in [0.25, 0.3) is 0 Å². The third-order valence-electron chi connectivity index (χ3n) is 7.26. The number of fused-ring (bicyclic) bond motifs is 1. The van der Waals surface area contributed by atoms with Crippen LogP contribution in [-0.4, -0.2) is 75.5 Å². The molecule has 2 aliphatic rings. The molecular formula is C27H36N6O6. The quantitative estimate of drug-likeness (QED) is 0.350. The number of nitrogens with one attached hydrogen (secondary N) is 2. The van der Waals surface area contributed by atoms with Crippen LogP contribution in [0.3, 0.4) is 0 Å². The van der Waals surface area contributed by atoms with E-state index in [1.807, 2.05) is 6.92 Å². The maximum absolute atomic E-state index is 11.9. The Morgan fingerprint density at radius 2 is 1.82 bits per heavy atom. The van der Waals surface area contributed by atoms with Gasteiger partial charge < -0.3 is 30.5 Å². The van der Waals surface area contributed by atoms with Crippen molar-refractivity contribution in [2.75, 3.05) is 36.5 Å². The highest BCUT2D eigenvalue weighted by Gasteiger charge is 2.26. The molecule has 12 nitrogen and oxygen atoms in total. The van der Waals surface area contributed by atoms with Gasteiger partial charge in [-0.3, -0.25) is 9.78 Å². The minimum Gasteiger partial charge on any atom is -0.481 e. The SMILES string of the molecule is Cc1nc(NC[C@H](NC(=O)OCCC(=O)O)C(=O)O)c(C)c(N2CCC(c3ccc4c(n3)CCCC4)CC2)n1. The average Bonchev–Trinajstić information content (AvgIpc) is 2.92. The number of amides is 1. The number of pyridine rings is 1. The summed E-state index contributed by atoms with van der Waals surface area (Å²) >= 11 is 0. The van der Waals surface area contributed by atoms with Crippen LogP contribution in [0.25, 0.3) is 0 Å². The lowest BCUT2D eigenvalue weighted by molar-refractivity contribution is -0.140. The lowest BCUT2D eigenvalue weighted by atomic mass is 9.90. The summed E-state index contributed by atoms with van der Waals surface area (Å²) in [6.07, 6.45) is 5.22. The van der Waals surface area contributed by atoms with Gasteiger partial charge in [-0.1, -0.05) is 6.07 Å². The highest BCUT2D eigenvalue weighted by molar-refractivity contribution is 5.80. The van der Waals surface area contributed by atoms with E-state index >= 15 is 0 Å². The number of aliphatic carboxylic acids is 2. The summed E-state index contributed by atoms with van der Waals surface area (Å²) in [5, 5.41) is 23.4. The van der Waals surface area contributed by atoms with Gasteiger partial charge in [-0.2, -0.15) is 0 Å². The van der Waals surface area contributed by atoms with E-state index in [4.69, 9.17) is 14.8 Å². The van der Waals surface area contributed by atoms with Gasteiger partial charge in [0.15, 0.2) is 0 Å². The fraction of sp³-hybridized carbons (Fsp3) is 0.556. The number of carbonyl (C=O) groups excluding carboxylic acids is 1. The number of piperidine rings is 1. The van der Waals surface area contributed by atoms with E-state index in [1.165, 1.54) is 29.8 Å². The largest absolute Gasteiger partial charge is 0.481 e. The third kappa shape index (κ3) is 7.33. The van der Waals surface area contributed by atoms with E-state index in [2.05, 4.69) is 37.6 Å². The number of rotatable bonds is 10. The molecule has 2 aromatic rings. The number of alkyl carbamates (subject to hydrolysis) is 1. The third-order valence-corrected chi connectivity index (χ3v) is 7.26. The number of carbonyl (C=O) groups is 3. The lowest BCUT2D eigenvalue weighted by Gasteiger charge is -2.34. The molecule has 1 aliphatic heterocycles. The van der Waals surface area contributed by atoms with Gasteiger partial charge in [-0.05, 0) is 64.0 Å². The Hall–Kier alpha value is -3.96. The molecule has 0 aromatic carbocycles. The normalized spacial score (nSPS) is 16.2. The van der Waals surface area contributed by atoms with Crippen LogP contribution >= 0.6 is 0 Å². The highest BCUT2D eigenvalue weighted by atomic mass is 16.5. The molecule has 1 atom stereocenters. The Bertz CT molecular complexity index is 1210. The molecule has 0 saturated carbocycles. The van der Waals surface area contributed by atoms with Crippen molar-refractivity contribution in [3.05, 3.63) is 40.5 Å². The van der Waals surface area contributed by atoms with E-state index in [0.29, 0.717) is 17.6 Å². The number of nitrogens with zero attached hydrogens (tertiary/aromatic N) is 4. The summed E-state index contributed by atoms with van der Waals surface area (Å²) in [7, 11) is 0. The molecule has 1 amide bonds. The fourth-order valence-electron chi connectivity index (χ4n) is 5.12. The van der Waals surface area contributed by atoms with Crippen LogP contribution in [0.1, 0.15) is 66.4 Å². The molecule has 4 rings (SSSR count). The van der Waals surface area contributed by atoms with E-state index in [0.717, 1.165) is 50.2 Å². The molecule has 210 valence electrons. The molecule has 3 heterocycles. The van der Waals surface area contributed by atoms with Crippen molar-refractivity contribution in [2.24, 2.45) is 0 Å². The van der Waals surface area contributed by atoms with Crippen molar-refractivity contribution in [3.63, 3.8) is 0 Å². The van der Waals surface area contributed by atoms with Crippen molar-refractivity contribution in [1.29, 1.82) is 0 Å². The summed E-state index contributed by atoms with van der Waals surface area (Å²) < 4.78 is 4.74. The molecule has 0 spiro atoms. The lowest BCUT2D eigenvalue weighted by Crippen LogP contribution is -2.45. The van der Waals surface area contributed by atoms with Gasteiger partial charge in [-0.15, -0.1) is 0 Å². The molecule has 1 aliphatic carbocycles. The molecule has 39 heavy (non-hydrogen) atoms. The van der Waals surface area contributed by atoms with E-state index in [1.54, 1.807) is 6.92 Å². The summed E-state index contributed by atoms with van der Waals surface area (Å²) in [4.78, 5) is 50.5. The molecule has 4 N–H and O–H groups in total. The summed E-state index contributed by atoms with van der Waals surface area (Å²) in [5.74, 6) is -0.141. The van der Waals surface area contributed by atoms with Gasteiger partial charge in [-0.25, -0.2) is 19.6 Å². The number of hydrogen-bond donors (Lipinski definition) is 4. The second-order valence-electron chi connectivity index (χ2n) is 10.1. The molecule has 0 bridgehead atoms. The van der Waals surface area contributed by atoms with Gasteiger partial charge in [0, 0.05) is 42.5 Å². The number of carboxylic acids is 2. The minimum absolute atomic E-state index is 0.147. The minimum atomic E-state index is -1.31. The fourth-order valence-corrected chi connectivity index (χ4v) is 5.12. The second kappa shape index (κ2) is 12.7. The summed E-state index contributed by atoms with van der Waals surface area (Å²) in [6.45, 7) is 4.81. The van der Waals surface area contributed by atoms with Crippen LogP contribution in [0.4, 0.5) is 16.4 Å². The Balaban J connectivity index is 1.37. The van der Waals surface area contributed by atoms with Crippen LogP contribution in [0.2, 0.25) is 0 Å². The molecule has 1 saturated heterocycles. The summed E-state index contributed by atoms with van der Waals surface area (Å²) in [6, 6.07) is 3.15. The van der Waals surface area contributed by atoms with Crippen molar-refractivity contribution in [1.82, 2.24) is 20.3 Å². The molecular weight excluding hydrogens is 504 g/mol. The van der Waals surface area contributed by atoms with Crippen molar-refractivity contribution in [2.45, 2.75) is 70.8 Å². The number of aryl methyl sites for hydroxylation is 3. The topological polar surface area (TPSA) is 167 Å². The van der Waals surface area contributed by atoms with E-state index in [9.17, 15) is 19.5 Å².